The van der Waals surface area contributed by atoms with Crippen molar-refractivity contribution in [2.24, 2.45) is 11.8 Å². The van der Waals surface area contributed by atoms with Crippen LogP contribution >= 0.6 is 15.9 Å². The average molecular weight is 355 g/mol. The van der Waals surface area contributed by atoms with Crippen molar-refractivity contribution in [1.29, 1.82) is 0 Å². The first kappa shape index (κ1) is 15.8. The minimum absolute atomic E-state index is 0.0317. The molecule has 1 aliphatic rings. The van der Waals surface area contributed by atoms with Crippen LogP contribution in [0, 0.1) is 25.7 Å². The van der Waals surface area contributed by atoms with Gasteiger partial charge < -0.3 is 15.3 Å². The van der Waals surface area contributed by atoms with Crippen molar-refractivity contribution in [2.75, 3.05) is 18.4 Å². The third-order valence-electron chi connectivity index (χ3n) is 3.88. The van der Waals surface area contributed by atoms with Crippen molar-refractivity contribution in [3.63, 3.8) is 0 Å². The van der Waals surface area contributed by atoms with Gasteiger partial charge in [0.25, 0.3) is 0 Å². The average Bonchev–Trinajstić information content (AvgIpc) is 2.75. The number of rotatable bonds is 2. The third kappa shape index (κ3) is 3.37. The summed E-state index contributed by atoms with van der Waals surface area (Å²) in [6.07, 6.45) is 0. The summed E-state index contributed by atoms with van der Waals surface area (Å²) < 4.78 is 0.829. The Morgan fingerprint density at radius 2 is 2.00 bits per heavy atom. The number of amides is 2. The van der Waals surface area contributed by atoms with Crippen molar-refractivity contribution in [3.8, 4) is 0 Å². The van der Waals surface area contributed by atoms with Crippen molar-refractivity contribution in [1.82, 2.24) is 4.90 Å². The zero-order valence-electron chi connectivity index (χ0n) is 12.3. The standard InChI is InChI=1S/C15H19BrN2O3/c1-8-4-9(2)13(12(16)5-8)17-15(21)18-6-10(3)11(7-18)14(19)20/h4-5,10-11H,6-7H2,1-3H3,(H,17,21)(H,19,20)/t10-,11-/m1/s1. The van der Waals surface area contributed by atoms with Crippen LogP contribution in [-0.2, 0) is 4.79 Å². The molecular weight excluding hydrogens is 336 g/mol. The minimum atomic E-state index is -0.842. The van der Waals surface area contributed by atoms with Gasteiger partial charge in [-0.2, -0.15) is 0 Å². The fourth-order valence-electron chi connectivity index (χ4n) is 2.71. The number of urea groups is 1. The number of aryl methyl sites for hydroxylation is 2. The van der Waals surface area contributed by atoms with Crippen LogP contribution in [0.5, 0.6) is 0 Å². The summed E-state index contributed by atoms with van der Waals surface area (Å²) in [5.74, 6) is -1.36. The van der Waals surface area contributed by atoms with Gasteiger partial charge in [0.1, 0.15) is 0 Å². The Morgan fingerprint density at radius 3 is 2.52 bits per heavy atom. The van der Waals surface area contributed by atoms with Gasteiger partial charge in [0.2, 0.25) is 0 Å². The first-order chi connectivity index (χ1) is 9.79. The van der Waals surface area contributed by atoms with Crippen LogP contribution in [0.25, 0.3) is 0 Å². The molecule has 6 heteroatoms. The molecule has 1 aliphatic heterocycles. The maximum Gasteiger partial charge on any atom is 0.321 e. The highest BCUT2D eigenvalue weighted by atomic mass is 79.9. The highest BCUT2D eigenvalue weighted by Crippen LogP contribution is 2.29. The lowest BCUT2D eigenvalue weighted by Crippen LogP contribution is -2.34. The van der Waals surface area contributed by atoms with Crippen LogP contribution in [-0.4, -0.2) is 35.1 Å². The van der Waals surface area contributed by atoms with Crippen LogP contribution in [0.2, 0.25) is 0 Å². The molecule has 5 nitrogen and oxygen atoms in total. The lowest BCUT2D eigenvalue weighted by molar-refractivity contribution is -0.142. The summed E-state index contributed by atoms with van der Waals surface area (Å²) in [4.78, 5) is 25.0. The van der Waals surface area contributed by atoms with E-state index in [0.717, 1.165) is 21.3 Å². The molecule has 2 rings (SSSR count). The molecule has 1 heterocycles. The second-order valence-corrected chi connectivity index (χ2v) is 6.55. The summed E-state index contributed by atoms with van der Waals surface area (Å²) in [7, 11) is 0. The Morgan fingerprint density at radius 1 is 1.33 bits per heavy atom. The number of carboxylic acids is 1. The van der Waals surface area contributed by atoms with E-state index in [0.29, 0.717) is 6.54 Å². The van der Waals surface area contributed by atoms with Crippen LogP contribution in [0.15, 0.2) is 16.6 Å². The van der Waals surface area contributed by atoms with Crippen LogP contribution in [0.1, 0.15) is 18.1 Å². The number of carbonyl (C=O) groups excluding carboxylic acids is 1. The molecule has 2 N–H and O–H groups in total. The number of halogens is 1. The number of carboxylic acid groups (broad SMARTS) is 1. The molecule has 0 radical (unpaired) electrons. The molecule has 0 saturated carbocycles. The van der Waals surface area contributed by atoms with Gasteiger partial charge in [0, 0.05) is 17.6 Å². The number of hydrogen-bond donors (Lipinski definition) is 2. The lowest BCUT2D eigenvalue weighted by atomic mass is 9.99. The van der Waals surface area contributed by atoms with E-state index >= 15 is 0 Å². The van der Waals surface area contributed by atoms with Gasteiger partial charge in [-0.15, -0.1) is 0 Å². The van der Waals surface area contributed by atoms with E-state index in [1.165, 1.54) is 0 Å². The number of anilines is 1. The Labute approximate surface area is 132 Å². The van der Waals surface area contributed by atoms with Crippen molar-refractivity contribution >= 4 is 33.6 Å². The molecule has 0 spiro atoms. The van der Waals surface area contributed by atoms with E-state index < -0.39 is 11.9 Å². The number of nitrogens with zero attached hydrogens (tertiary/aromatic N) is 1. The lowest BCUT2D eigenvalue weighted by Gasteiger charge is -2.19. The van der Waals surface area contributed by atoms with Gasteiger partial charge in [-0.25, -0.2) is 4.79 Å². The van der Waals surface area contributed by atoms with Crippen molar-refractivity contribution in [3.05, 3.63) is 27.7 Å². The normalized spacial score (nSPS) is 21.4. The fraction of sp³-hybridized carbons (Fsp3) is 0.467. The monoisotopic (exact) mass is 354 g/mol. The predicted octanol–water partition coefficient (Wildman–Crippen LogP) is 3.25. The summed E-state index contributed by atoms with van der Waals surface area (Å²) >= 11 is 3.45. The van der Waals surface area contributed by atoms with Gasteiger partial charge in [-0.1, -0.05) is 13.0 Å². The summed E-state index contributed by atoms with van der Waals surface area (Å²) in [6, 6.07) is 3.68. The van der Waals surface area contributed by atoms with Gasteiger partial charge in [-0.3, -0.25) is 4.79 Å². The second kappa shape index (κ2) is 6.05. The van der Waals surface area contributed by atoms with E-state index in [4.69, 9.17) is 5.11 Å². The molecule has 1 fully saturated rings. The highest BCUT2D eigenvalue weighted by molar-refractivity contribution is 9.10. The number of carbonyl (C=O) groups is 2. The van der Waals surface area contributed by atoms with Crippen molar-refractivity contribution in [2.45, 2.75) is 20.8 Å². The molecule has 1 aromatic carbocycles. The number of nitrogens with one attached hydrogen (secondary N) is 1. The Bertz CT molecular complexity index is 565. The fourth-order valence-corrected chi connectivity index (χ4v) is 3.49. The van der Waals surface area contributed by atoms with Crippen molar-refractivity contribution < 1.29 is 14.7 Å². The van der Waals surface area contributed by atoms with Gasteiger partial charge >= 0.3 is 12.0 Å². The minimum Gasteiger partial charge on any atom is -0.481 e. The smallest absolute Gasteiger partial charge is 0.321 e. The van der Waals surface area contributed by atoms with Crippen LogP contribution in [0.4, 0.5) is 10.5 Å². The zero-order chi connectivity index (χ0) is 15.7. The molecular formula is C15H19BrN2O3. The Balaban J connectivity index is 2.11. The number of aliphatic carboxylic acids is 1. The number of likely N-dealkylation sites (tertiary alicyclic amines) is 1. The topological polar surface area (TPSA) is 69.6 Å². The first-order valence-electron chi connectivity index (χ1n) is 6.85. The highest BCUT2D eigenvalue weighted by Gasteiger charge is 2.37. The van der Waals surface area contributed by atoms with E-state index in [1.807, 2.05) is 32.9 Å². The molecule has 0 aliphatic carbocycles. The largest absolute Gasteiger partial charge is 0.481 e. The van der Waals surface area contributed by atoms with E-state index in [2.05, 4.69) is 21.2 Å². The summed E-state index contributed by atoms with van der Waals surface area (Å²) in [6.45, 7) is 6.50. The molecule has 0 bridgehead atoms. The molecule has 21 heavy (non-hydrogen) atoms. The van der Waals surface area contributed by atoms with E-state index in [9.17, 15) is 9.59 Å². The number of benzene rings is 1. The molecule has 2 amide bonds. The van der Waals surface area contributed by atoms with Crippen LogP contribution in [0.3, 0.4) is 0 Å². The second-order valence-electron chi connectivity index (χ2n) is 5.70. The summed E-state index contributed by atoms with van der Waals surface area (Å²) in [5.41, 5.74) is 2.81. The molecule has 114 valence electrons. The maximum atomic E-state index is 12.3. The maximum absolute atomic E-state index is 12.3. The molecule has 1 saturated heterocycles. The van der Waals surface area contributed by atoms with Crippen LogP contribution < -0.4 is 5.32 Å². The Kier molecular flexibility index (Phi) is 4.56. The SMILES string of the molecule is Cc1cc(C)c(NC(=O)N2C[C@@H](C)[C@H](C(=O)O)C2)c(Br)c1. The first-order valence-corrected chi connectivity index (χ1v) is 7.64. The molecule has 2 atom stereocenters. The Hall–Kier alpha value is -1.56. The van der Waals surface area contributed by atoms with Gasteiger partial charge in [-0.05, 0) is 52.9 Å². The third-order valence-corrected chi connectivity index (χ3v) is 4.51. The quantitative estimate of drug-likeness (QED) is 0.856. The molecule has 0 aromatic heterocycles. The number of hydrogen-bond acceptors (Lipinski definition) is 2. The van der Waals surface area contributed by atoms with Gasteiger partial charge in [0.15, 0.2) is 0 Å². The van der Waals surface area contributed by atoms with E-state index in [-0.39, 0.29) is 18.5 Å². The van der Waals surface area contributed by atoms with E-state index in [1.54, 1.807) is 4.90 Å². The molecule has 0 unspecified atom stereocenters. The molecule has 1 aromatic rings. The van der Waals surface area contributed by atoms with Gasteiger partial charge in [0.05, 0.1) is 11.6 Å². The predicted molar refractivity (Wildman–Crippen MR) is 84.5 cm³/mol. The zero-order valence-corrected chi connectivity index (χ0v) is 13.9. The summed E-state index contributed by atoms with van der Waals surface area (Å²) in [5, 5.41) is 12.0.